The third-order valence-corrected chi connectivity index (χ3v) is 3.25. The van der Waals surface area contributed by atoms with Gasteiger partial charge in [0.05, 0.1) is 16.1 Å². The molecule has 94 valence electrons. The average Bonchev–Trinajstić information content (AvgIpc) is 2.81. The van der Waals surface area contributed by atoms with Crippen molar-refractivity contribution in [2.75, 3.05) is 0 Å². The van der Waals surface area contributed by atoms with Gasteiger partial charge < -0.3 is 10.7 Å². The molecule has 0 spiro atoms. The van der Waals surface area contributed by atoms with E-state index in [9.17, 15) is 0 Å². The molecule has 4 nitrogen and oxygen atoms in total. The van der Waals surface area contributed by atoms with Crippen LogP contribution in [0.4, 0.5) is 0 Å². The maximum absolute atomic E-state index is 7.44. The first-order chi connectivity index (χ1) is 9.15. The number of rotatable bonds is 2. The van der Waals surface area contributed by atoms with Gasteiger partial charge in [0, 0.05) is 11.1 Å². The molecule has 3 rings (SSSR count). The predicted molar refractivity (Wildman–Crippen MR) is 77.6 cm³/mol. The number of nitrogens with zero attached hydrogens (tertiary/aromatic N) is 1. The number of benzene rings is 2. The minimum Gasteiger partial charge on any atom is -0.384 e. The number of amidine groups is 1. The first kappa shape index (κ1) is 11.7. The molecule has 0 bridgehead atoms. The lowest BCUT2D eigenvalue weighted by molar-refractivity contribution is 1.34. The maximum atomic E-state index is 7.44. The van der Waals surface area contributed by atoms with Gasteiger partial charge in [-0.1, -0.05) is 23.7 Å². The highest BCUT2D eigenvalue weighted by molar-refractivity contribution is 6.33. The lowest BCUT2D eigenvalue weighted by Gasteiger charge is -1.98. The molecule has 0 amide bonds. The number of aromatic nitrogens is 2. The van der Waals surface area contributed by atoms with Gasteiger partial charge in [-0.3, -0.25) is 5.41 Å². The summed E-state index contributed by atoms with van der Waals surface area (Å²) in [5.41, 5.74) is 8.65. The molecule has 3 aromatic rings. The van der Waals surface area contributed by atoms with Gasteiger partial charge in [-0.15, -0.1) is 0 Å². The molecule has 5 heteroatoms. The van der Waals surface area contributed by atoms with Crippen LogP contribution in [0.15, 0.2) is 42.5 Å². The molecule has 0 saturated carbocycles. The van der Waals surface area contributed by atoms with Gasteiger partial charge in [0.1, 0.15) is 11.7 Å². The Bertz CT molecular complexity index is 776. The Balaban J connectivity index is 2.17. The highest BCUT2D eigenvalue weighted by Crippen LogP contribution is 2.27. The van der Waals surface area contributed by atoms with E-state index in [2.05, 4.69) is 9.97 Å². The molecule has 1 aromatic heterocycles. The number of hydrogen-bond acceptors (Lipinski definition) is 2. The van der Waals surface area contributed by atoms with Crippen molar-refractivity contribution in [1.82, 2.24) is 9.97 Å². The van der Waals surface area contributed by atoms with E-state index in [4.69, 9.17) is 22.7 Å². The van der Waals surface area contributed by atoms with Crippen LogP contribution in [-0.4, -0.2) is 15.8 Å². The summed E-state index contributed by atoms with van der Waals surface area (Å²) in [6.45, 7) is 0. The predicted octanol–water partition coefficient (Wildman–Crippen LogP) is 3.17. The van der Waals surface area contributed by atoms with Crippen molar-refractivity contribution in [3.8, 4) is 11.4 Å². The fraction of sp³-hybridized carbons (Fsp3) is 0. The number of nitrogen functional groups attached to an aromatic ring is 1. The zero-order valence-electron chi connectivity index (χ0n) is 9.94. The van der Waals surface area contributed by atoms with Crippen molar-refractivity contribution in [3.63, 3.8) is 0 Å². The molecule has 0 unspecified atom stereocenters. The average molecular weight is 271 g/mol. The lowest BCUT2D eigenvalue weighted by Crippen LogP contribution is -2.10. The monoisotopic (exact) mass is 270 g/mol. The smallest absolute Gasteiger partial charge is 0.139 e. The maximum Gasteiger partial charge on any atom is 0.139 e. The normalized spacial score (nSPS) is 10.8. The molecule has 0 fully saturated rings. The molecule has 0 atom stereocenters. The number of nitrogens with one attached hydrogen (secondary N) is 2. The van der Waals surface area contributed by atoms with Crippen LogP contribution in [0.2, 0.25) is 5.02 Å². The third-order valence-electron chi connectivity index (χ3n) is 2.92. The van der Waals surface area contributed by atoms with E-state index in [1.165, 1.54) is 0 Å². The Hall–Kier alpha value is -2.33. The molecule has 0 aliphatic heterocycles. The van der Waals surface area contributed by atoms with Crippen molar-refractivity contribution in [2.45, 2.75) is 0 Å². The van der Waals surface area contributed by atoms with E-state index in [0.29, 0.717) is 16.4 Å². The van der Waals surface area contributed by atoms with Crippen LogP contribution in [0.1, 0.15) is 5.56 Å². The number of fused-ring (bicyclic) bond motifs is 1. The van der Waals surface area contributed by atoms with Crippen molar-refractivity contribution >= 4 is 28.5 Å². The van der Waals surface area contributed by atoms with Gasteiger partial charge >= 0.3 is 0 Å². The Morgan fingerprint density at radius 3 is 2.74 bits per heavy atom. The lowest BCUT2D eigenvalue weighted by atomic mass is 10.2. The first-order valence-corrected chi connectivity index (χ1v) is 6.12. The Labute approximate surface area is 114 Å². The van der Waals surface area contributed by atoms with E-state index >= 15 is 0 Å². The van der Waals surface area contributed by atoms with Gasteiger partial charge in [-0.2, -0.15) is 0 Å². The third kappa shape index (κ3) is 2.06. The van der Waals surface area contributed by atoms with E-state index < -0.39 is 0 Å². The van der Waals surface area contributed by atoms with Crippen LogP contribution < -0.4 is 5.73 Å². The molecule has 0 aliphatic carbocycles. The largest absolute Gasteiger partial charge is 0.384 e. The minimum atomic E-state index is 0.0378. The first-order valence-electron chi connectivity index (χ1n) is 5.74. The number of aromatic amines is 1. The van der Waals surface area contributed by atoms with Gasteiger partial charge in [-0.05, 0) is 30.3 Å². The molecule has 19 heavy (non-hydrogen) atoms. The number of H-pyrrole nitrogens is 1. The highest BCUT2D eigenvalue weighted by atomic mass is 35.5. The second-order valence-electron chi connectivity index (χ2n) is 4.21. The summed E-state index contributed by atoms with van der Waals surface area (Å²) in [6, 6.07) is 12.9. The zero-order chi connectivity index (χ0) is 13.4. The summed E-state index contributed by atoms with van der Waals surface area (Å²) in [4.78, 5) is 7.69. The molecular formula is C14H11ClN4. The summed E-state index contributed by atoms with van der Waals surface area (Å²) in [7, 11) is 0. The van der Waals surface area contributed by atoms with Crippen LogP contribution in [0.3, 0.4) is 0 Å². The van der Waals surface area contributed by atoms with E-state index in [1.807, 2.05) is 36.4 Å². The number of hydrogen-bond donors (Lipinski definition) is 3. The van der Waals surface area contributed by atoms with Gasteiger partial charge in [-0.25, -0.2) is 4.98 Å². The van der Waals surface area contributed by atoms with Gasteiger partial charge in [0.2, 0.25) is 0 Å². The van der Waals surface area contributed by atoms with Crippen LogP contribution >= 0.6 is 11.6 Å². The molecule has 0 radical (unpaired) electrons. The van der Waals surface area contributed by atoms with Crippen molar-refractivity contribution in [3.05, 3.63) is 53.1 Å². The second-order valence-corrected chi connectivity index (χ2v) is 4.62. The quantitative estimate of drug-likeness (QED) is 0.494. The fourth-order valence-electron chi connectivity index (χ4n) is 1.96. The topological polar surface area (TPSA) is 78.6 Å². The molecule has 0 saturated heterocycles. The van der Waals surface area contributed by atoms with E-state index in [1.54, 1.807) is 6.07 Å². The summed E-state index contributed by atoms with van der Waals surface area (Å²) in [5, 5.41) is 8.08. The van der Waals surface area contributed by atoms with Crippen LogP contribution in [-0.2, 0) is 0 Å². The Kier molecular flexibility index (Phi) is 2.72. The highest BCUT2D eigenvalue weighted by Gasteiger charge is 2.09. The van der Waals surface area contributed by atoms with Gasteiger partial charge in [0.25, 0.3) is 0 Å². The summed E-state index contributed by atoms with van der Waals surface area (Å²) in [6.07, 6.45) is 0. The molecule has 1 heterocycles. The summed E-state index contributed by atoms with van der Waals surface area (Å²) >= 11 is 6.15. The van der Waals surface area contributed by atoms with E-state index in [0.717, 1.165) is 16.6 Å². The summed E-state index contributed by atoms with van der Waals surface area (Å²) in [5.74, 6) is 0.747. The molecular weight excluding hydrogens is 260 g/mol. The SMILES string of the molecule is N=C(N)c1ccc2nc(-c3ccccc3Cl)[nH]c2c1. The van der Waals surface area contributed by atoms with Crippen molar-refractivity contribution < 1.29 is 0 Å². The number of nitrogens with two attached hydrogens (primary N) is 1. The van der Waals surface area contributed by atoms with Crippen molar-refractivity contribution in [1.29, 1.82) is 5.41 Å². The molecule has 0 aliphatic rings. The van der Waals surface area contributed by atoms with Gasteiger partial charge in [0.15, 0.2) is 0 Å². The van der Waals surface area contributed by atoms with E-state index in [-0.39, 0.29) is 5.84 Å². The van der Waals surface area contributed by atoms with Crippen LogP contribution in [0.5, 0.6) is 0 Å². The summed E-state index contributed by atoms with van der Waals surface area (Å²) < 4.78 is 0. The standard InChI is InChI=1S/C14H11ClN4/c15-10-4-2-1-3-9(10)14-18-11-6-5-8(13(16)17)7-12(11)19-14/h1-7H,(H3,16,17)(H,18,19). The Morgan fingerprint density at radius 1 is 1.21 bits per heavy atom. The fourth-order valence-corrected chi connectivity index (χ4v) is 2.18. The van der Waals surface area contributed by atoms with Crippen molar-refractivity contribution in [2.24, 2.45) is 5.73 Å². The number of halogens is 1. The Morgan fingerprint density at radius 2 is 2.00 bits per heavy atom. The zero-order valence-corrected chi connectivity index (χ0v) is 10.7. The minimum absolute atomic E-state index is 0.0378. The number of imidazole rings is 1. The molecule has 2 aromatic carbocycles. The van der Waals surface area contributed by atoms with Crippen LogP contribution in [0, 0.1) is 5.41 Å². The van der Waals surface area contributed by atoms with Crippen LogP contribution in [0.25, 0.3) is 22.4 Å². The second kappa shape index (κ2) is 4.40. The molecule has 4 N–H and O–H groups in total.